The smallest absolute Gasteiger partial charge is 0.117 e. The lowest BCUT2D eigenvalue weighted by molar-refractivity contribution is -0.0156. The van der Waals surface area contributed by atoms with E-state index in [9.17, 15) is 0 Å². The third-order valence-corrected chi connectivity index (χ3v) is 1.68. The van der Waals surface area contributed by atoms with Crippen molar-refractivity contribution in [2.75, 3.05) is 6.61 Å². The van der Waals surface area contributed by atoms with Gasteiger partial charge in [0, 0.05) is 0 Å². The van der Waals surface area contributed by atoms with Crippen LogP contribution in [0.4, 0.5) is 0 Å². The fourth-order valence-corrected chi connectivity index (χ4v) is 0.795. The van der Waals surface area contributed by atoms with Crippen LogP contribution in [0.3, 0.4) is 0 Å². The Morgan fingerprint density at radius 2 is 2.00 bits per heavy atom. The SMILES string of the molecule is C[C@H](O)[C@@H](O)[C@]1(C)CO1. The van der Waals surface area contributed by atoms with Crippen LogP contribution in [-0.2, 0) is 4.74 Å². The van der Waals surface area contributed by atoms with Gasteiger partial charge in [0.1, 0.15) is 11.7 Å². The minimum absolute atomic E-state index is 0.464. The summed E-state index contributed by atoms with van der Waals surface area (Å²) in [6.45, 7) is 3.89. The Labute approximate surface area is 54.3 Å². The maximum atomic E-state index is 9.15. The summed E-state index contributed by atoms with van der Waals surface area (Å²) in [7, 11) is 0. The summed E-state index contributed by atoms with van der Waals surface area (Å²) >= 11 is 0. The van der Waals surface area contributed by atoms with Crippen LogP contribution in [0, 0.1) is 0 Å². The van der Waals surface area contributed by atoms with Gasteiger partial charge >= 0.3 is 0 Å². The molecule has 9 heavy (non-hydrogen) atoms. The second kappa shape index (κ2) is 1.94. The molecule has 0 aliphatic carbocycles. The standard InChI is InChI=1S/C6H12O3/c1-4(7)5(8)6(2)3-9-6/h4-5,7-8H,3H2,1-2H3/t4-,5+,6-/m0/s1. The van der Waals surface area contributed by atoms with Crippen LogP contribution >= 0.6 is 0 Å². The first kappa shape index (κ1) is 6.99. The summed E-state index contributed by atoms with van der Waals surface area (Å²) in [6, 6.07) is 0. The molecule has 3 heteroatoms. The van der Waals surface area contributed by atoms with E-state index in [0.29, 0.717) is 6.61 Å². The lowest BCUT2D eigenvalue weighted by Crippen LogP contribution is -2.36. The van der Waals surface area contributed by atoms with Crippen molar-refractivity contribution in [1.29, 1.82) is 0 Å². The van der Waals surface area contributed by atoms with Gasteiger partial charge in [-0.25, -0.2) is 0 Å². The molecule has 1 fully saturated rings. The lowest BCUT2D eigenvalue weighted by atomic mass is 10.0. The molecule has 1 heterocycles. The third kappa shape index (κ3) is 1.23. The number of ether oxygens (including phenoxy) is 1. The largest absolute Gasteiger partial charge is 0.391 e. The van der Waals surface area contributed by atoms with Crippen molar-refractivity contribution in [3.63, 3.8) is 0 Å². The average molecular weight is 132 g/mol. The molecule has 0 radical (unpaired) electrons. The summed E-state index contributed by atoms with van der Waals surface area (Å²) in [4.78, 5) is 0. The molecule has 54 valence electrons. The van der Waals surface area contributed by atoms with Crippen LogP contribution in [0.15, 0.2) is 0 Å². The van der Waals surface area contributed by atoms with E-state index in [4.69, 9.17) is 14.9 Å². The maximum Gasteiger partial charge on any atom is 0.117 e. The Morgan fingerprint density at radius 3 is 2.11 bits per heavy atom. The Hall–Kier alpha value is -0.120. The highest BCUT2D eigenvalue weighted by atomic mass is 16.6. The van der Waals surface area contributed by atoms with Gasteiger partial charge in [-0.1, -0.05) is 0 Å². The molecule has 1 aliphatic rings. The quantitative estimate of drug-likeness (QED) is 0.499. The van der Waals surface area contributed by atoms with Crippen molar-refractivity contribution in [1.82, 2.24) is 0 Å². The number of aliphatic hydroxyl groups is 2. The van der Waals surface area contributed by atoms with Crippen molar-refractivity contribution in [3.05, 3.63) is 0 Å². The Balaban J connectivity index is 2.42. The first-order chi connectivity index (χ1) is 4.06. The fraction of sp³-hybridized carbons (Fsp3) is 1.00. The zero-order chi connectivity index (χ0) is 7.07. The first-order valence-electron chi connectivity index (χ1n) is 3.06. The highest BCUT2D eigenvalue weighted by Gasteiger charge is 2.48. The minimum atomic E-state index is -0.738. The van der Waals surface area contributed by atoms with E-state index in [1.807, 2.05) is 0 Å². The number of epoxide rings is 1. The van der Waals surface area contributed by atoms with Crippen LogP contribution < -0.4 is 0 Å². The summed E-state index contributed by atoms with van der Waals surface area (Å²) in [5, 5.41) is 18.0. The predicted octanol–water partition coefficient (Wildman–Crippen LogP) is -0.483. The number of rotatable bonds is 2. The molecule has 1 aliphatic heterocycles. The molecule has 0 aromatic carbocycles. The first-order valence-corrected chi connectivity index (χ1v) is 3.06. The summed E-state index contributed by atoms with van der Waals surface area (Å²) in [6.07, 6.45) is -1.44. The molecule has 1 rings (SSSR count). The van der Waals surface area contributed by atoms with Gasteiger partial charge in [0.05, 0.1) is 12.7 Å². The number of hydrogen-bond donors (Lipinski definition) is 2. The molecule has 0 aromatic rings. The molecular weight excluding hydrogens is 120 g/mol. The number of aliphatic hydroxyl groups excluding tert-OH is 2. The van der Waals surface area contributed by atoms with Crippen molar-refractivity contribution < 1.29 is 14.9 Å². The van der Waals surface area contributed by atoms with Crippen molar-refractivity contribution in [3.8, 4) is 0 Å². The zero-order valence-corrected chi connectivity index (χ0v) is 5.66. The van der Waals surface area contributed by atoms with Gasteiger partial charge in [-0.05, 0) is 13.8 Å². The van der Waals surface area contributed by atoms with Crippen molar-refractivity contribution in [2.45, 2.75) is 31.7 Å². The average Bonchev–Trinajstić information content (AvgIpc) is 2.47. The highest BCUT2D eigenvalue weighted by Crippen LogP contribution is 2.31. The van der Waals surface area contributed by atoms with E-state index < -0.39 is 17.8 Å². The zero-order valence-electron chi connectivity index (χ0n) is 5.66. The van der Waals surface area contributed by atoms with E-state index >= 15 is 0 Å². The van der Waals surface area contributed by atoms with E-state index in [2.05, 4.69) is 0 Å². The normalized spacial score (nSPS) is 40.0. The summed E-state index contributed by atoms with van der Waals surface area (Å²) in [5.41, 5.74) is -0.464. The van der Waals surface area contributed by atoms with Gasteiger partial charge in [-0.15, -0.1) is 0 Å². The Bertz CT molecular complexity index is 107. The van der Waals surface area contributed by atoms with Gasteiger partial charge in [-0.2, -0.15) is 0 Å². The van der Waals surface area contributed by atoms with E-state index in [1.54, 1.807) is 13.8 Å². The lowest BCUT2D eigenvalue weighted by Gasteiger charge is -2.16. The maximum absolute atomic E-state index is 9.15. The Morgan fingerprint density at radius 1 is 1.56 bits per heavy atom. The molecule has 0 bridgehead atoms. The van der Waals surface area contributed by atoms with Gasteiger partial charge < -0.3 is 14.9 Å². The predicted molar refractivity (Wildman–Crippen MR) is 32.0 cm³/mol. The van der Waals surface area contributed by atoms with Gasteiger partial charge in [-0.3, -0.25) is 0 Å². The van der Waals surface area contributed by atoms with E-state index in [1.165, 1.54) is 0 Å². The van der Waals surface area contributed by atoms with E-state index in [0.717, 1.165) is 0 Å². The van der Waals surface area contributed by atoms with Crippen molar-refractivity contribution in [2.24, 2.45) is 0 Å². The fourth-order valence-electron chi connectivity index (χ4n) is 0.795. The molecule has 1 saturated heterocycles. The second-order valence-corrected chi connectivity index (χ2v) is 2.79. The van der Waals surface area contributed by atoms with Crippen LogP contribution in [-0.4, -0.2) is 34.6 Å². The Kier molecular flexibility index (Phi) is 1.50. The molecule has 0 spiro atoms. The molecule has 0 amide bonds. The van der Waals surface area contributed by atoms with Crippen LogP contribution in [0.1, 0.15) is 13.8 Å². The van der Waals surface area contributed by atoms with E-state index in [-0.39, 0.29) is 0 Å². The molecule has 3 nitrogen and oxygen atoms in total. The molecule has 2 N–H and O–H groups in total. The van der Waals surface area contributed by atoms with Crippen LogP contribution in [0.2, 0.25) is 0 Å². The number of hydrogen-bond acceptors (Lipinski definition) is 3. The molecule has 0 aromatic heterocycles. The highest BCUT2D eigenvalue weighted by molar-refractivity contribution is 4.96. The topological polar surface area (TPSA) is 53.0 Å². The molecule has 0 saturated carbocycles. The van der Waals surface area contributed by atoms with Gasteiger partial charge in [0.2, 0.25) is 0 Å². The van der Waals surface area contributed by atoms with Crippen LogP contribution in [0.25, 0.3) is 0 Å². The van der Waals surface area contributed by atoms with Gasteiger partial charge in [0.15, 0.2) is 0 Å². The van der Waals surface area contributed by atoms with Gasteiger partial charge in [0.25, 0.3) is 0 Å². The minimum Gasteiger partial charge on any atom is -0.391 e. The molecular formula is C6H12O3. The monoisotopic (exact) mass is 132 g/mol. The summed E-state index contributed by atoms with van der Waals surface area (Å²) in [5.74, 6) is 0. The third-order valence-electron chi connectivity index (χ3n) is 1.68. The molecule has 3 atom stereocenters. The second-order valence-electron chi connectivity index (χ2n) is 2.79. The van der Waals surface area contributed by atoms with Crippen LogP contribution in [0.5, 0.6) is 0 Å². The molecule has 0 unspecified atom stereocenters. The van der Waals surface area contributed by atoms with Crippen molar-refractivity contribution >= 4 is 0 Å². The summed E-state index contributed by atoms with van der Waals surface area (Å²) < 4.78 is 4.91.